The lowest BCUT2D eigenvalue weighted by atomic mass is 10.0. The third-order valence-electron chi connectivity index (χ3n) is 4.46. The molecule has 2 amide bonds. The minimum absolute atomic E-state index is 0.161. The Kier molecular flexibility index (Phi) is 4.66. The van der Waals surface area contributed by atoms with Gasteiger partial charge in [-0.3, -0.25) is 4.79 Å². The van der Waals surface area contributed by atoms with Crippen molar-refractivity contribution in [2.45, 2.75) is 39.0 Å². The number of urea groups is 1. The van der Waals surface area contributed by atoms with Gasteiger partial charge in [0.25, 0.3) is 0 Å². The van der Waals surface area contributed by atoms with E-state index in [4.69, 9.17) is 5.11 Å². The van der Waals surface area contributed by atoms with Crippen molar-refractivity contribution in [2.75, 3.05) is 26.2 Å². The molecule has 2 atom stereocenters. The van der Waals surface area contributed by atoms with Crippen LogP contribution in [0.1, 0.15) is 39.0 Å². The first-order valence-electron chi connectivity index (χ1n) is 7.35. The second-order valence-electron chi connectivity index (χ2n) is 5.82. The molecular formula is C14H24N2O3. The number of carboxylic acid groups (broad SMARTS) is 1. The van der Waals surface area contributed by atoms with Crippen molar-refractivity contribution >= 4 is 12.0 Å². The molecule has 0 radical (unpaired) electrons. The van der Waals surface area contributed by atoms with Crippen molar-refractivity contribution < 1.29 is 14.7 Å². The van der Waals surface area contributed by atoms with Gasteiger partial charge in [-0.1, -0.05) is 13.3 Å². The molecule has 108 valence electrons. The van der Waals surface area contributed by atoms with Crippen LogP contribution in [-0.2, 0) is 4.79 Å². The number of rotatable bonds is 4. The largest absolute Gasteiger partial charge is 0.481 e. The first-order chi connectivity index (χ1) is 9.10. The number of carbonyl (C=O) groups excluding carboxylic acids is 1. The van der Waals surface area contributed by atoms with E-state index in [2.05, 4.69) is 6.92 Å². The molecule has 2 heterocycles. The van der Waals surface area contributed by atoms with Gasteiger partial charge < -0.3 is 14.9 Å². The molecule has 0 aromatic rings. The Morgan fingerprint density at radius 1 is 1.11 bits per heavy atom. The number of carboxylic acids is 1. The van der Waals surface area contributed by atoms with E-state index in [1.165, 1.54) is 0 Å². The number of likely N-dealkylation sites (tertiary alicyclic amines) is 2. The van der Waals surface area contributed by atoms with Crippen molar-refractivity contribution in [3.63, 3.8) is 0 Å². The fourth-order valence-corrected chi connectivity index (χ4v) is 3.11. The van der Waals surface area contributed by atoms with E-state index < -0.39 is 5.97 Å². The van der Waals surface area contributed by atoms with E-state index in [1.54, 1.807) is 0 Å². The molecule has 0 bridgehead atoms. The minimum atomic E-state index is -0.741. The average Bonchev–Trinajstić information content (AvgIpc) is 3.04. The fraction of sp³-hybridized carbons (Fsp3) is 0.857. The summed E-state index contributed by atoms with van der Waals surface area (Å²) in [5.41, 5.74) is 0. The summed E-state index contributed by atoms with van der Waals surface area (Å²) in [5, 5.41) is 8.69. The molecule has 19 heavy (non-hydrogen) atoms. The predicted molar refractivity (Wildman–Crippen MR) is 71.9 cm³/mol. The van der Waals surface area contributed by atoms with Crippen LogP contribution < -0.4 is 0 Å². The van der Waals surface area contributed by atoms with E-state index >= 15 is 0 Å². The molecule has 2 rings (SSSR count). The molecule has 0 spiro atoms. The van der Waals surface area contributed by atoms with Crippen LogP contribution in [0.25, 0.3) is 0 Å². The summed E-state index contributed by atoms with van der Waals surface area (Å²) in [6.07, 6.45) is 4.12. The molecule has 2 aliphatic rings. The van der Waals surface area contributed by atoms with Gasteiger partial charge in [0.1, 0.15) is 0 Å². The monoisotopic (exact) mass is 268 g/mol. The molecule has 2 saturated heterocycles. The number of aliphatic carboxylic acids is 1. The van der Waals surface area contributed by atoms with Crippen LogP contribution >= 0.6 is 0 Å². The van der Waals surface area contributed by atoms with Crippen LogP contribution in [0.2, 0.25) is 0 Å². The quantitative estimate of drug-likeness (QED) is 0.848. The third kappa shape index (κ3) is 3.61. The summed E-state index contributed by atoms with van der Waals surface area (Å²) in [6.45, 7) is 5.48. The molecule has 0 aliphatic carbocycles. The summed E-state index contributed by atoms with van der Waals surface area (Å²) in [5.74, 6) is 0.286. The normalized spacial score (nSPS) is 27.0. The molecule has 2 aliphatic heterocycles. The number of carbonyl (C=O) groups is 2. The number of hydrogen-bond donors (Lipinski definition) is 1. The molecule has 0 saturated carbocycles. The Hall–Kier alpha value is -1.26. The smallest absolute Gasteiger partial charge is 0.320 e. The Morgan fingerprint density at radius 3 is 2.21 bits per heavy atom. The first kappa shape index (κ1) is 14.2. The van der Waals surface area contributed by atoms with Crippen LogP contribution in [0.15, 0.2) is 0 Å². The zero-order chi connectivity index (χ0) is 13.8. The maximum atomic E-state index is 12.3. The topological polar surface area (TPSA) is 60.9 Å². The highest BCUT2D eigenvalue weighted by Crippen LogP contribution is 2.25. The Balaban J connectivity index is 1.77. The van der Waals surface area contributed by atoms with Crippen molar-refractivity contribution in [1.82, 2.24) is 9.80 Å². The lowest BCUT2D eigenvalue weighted by Crippen LogP contribution is -2.40. The summed E-state index contributed by atoms with van der Waals surface area (Å²) in [4.78, 5) is 26.8. The maximum Gasteiger partial charge on any atom is 0.320 e. The van der Waals surface area contributed by atoms with Crippen molar-refractivity contribution in [3.05, 3.63) is 0 Å². The predicted octanol–water partition coefficient (Wildman–Crippen LogP) is 2.03. The fourth-order valence-electron chi connectivity index (χ4n) is 3.11. The highest BCUT2D eigenvalue weighted by atomic mass is 16.4. The summed E-state index contributed by atoms with van der Waals surface area (Å²) in [7, 11) is 0. The Morgan fingerprint density at radius 2 is 1.68 bits per heavy atom. The molecule has 0 aromatic carbocycles. The van der Waals surface area contributed by atoms with Gasteiger partial charge in [0.2, 0.25) is 0 Å². The highest BCUT2D eigenvalue weighted by molar-refractivity contribution is 5.75. The Labute approximate surface area is 114 Å². The van der Waals surface area contributed by atoms with Gasteiger partial charge in [-0.2, -0.15) is 0 Å². The minimum Gasteiger partial charge on any atom is -0.481 e. The maximum absolute atomic E-state index is 12.3. The van der Waals surface area contributed by atoms with Crippen molar-refractivity contribution in [3.8, 4) is 0 Å². The van der Waals surface area contributed by atoms with Crippen LogP contribution in [0, 0.1) is 11.8 Å². The van der Waals surface area contributed by atoms with Gasteiger partial charge in [-0.05, 0) is 31.1 Å². The number of nitrogens with zero attached hydrogens (tertiary/aromatic N) is 2. The van der Waals surface area contributed by atoms with Crippen LogP contribution in [0.5, 0.6) is 0 Å². The standard InChI is InChI=1S/C14H24N2O3/c1-2-11-5-7-15(9-11)14(19)16-8-6-12(10-16)3-4-13(17)18/h11-12H,2-10H2,1H3,(H,17,18). The van der Waals surface area contributed by atoms with Gasteiger partial charge in [-0.15, -0.1) is 0 Å². The van der Waals surface area contributed by atoms with Crippen LogP contribution in [-0.4, -0.2) is 53.1 Å². The van der Waals surface area contributed by atoms with Gasteiger partial charge >= 0.3 is 12.0 Å². The van der Waals surface area contributed by atoms with Gasteiger partial charge in [0, 0.05) is 32.6 Å². The second kappa shape index (κ2) is 6.26. The van der Waals surface area contributed by atoms with E-state index in [0.717, 1.165) is 45.4 Å². The molecule has 0 aromatic heterocycles. The molecule has 5 nitrogen and oxygen atoms in total. The van der Waals surface area contributed by atoms with E-state index in [-0.39, 0.29) is 12.5 Å². The summed E-state index contributed by atoms with van der Waals surface area (Å²) < 4.78 is 0. The Bertz CT molecular complexity index is 346. The van der Waals surface area contributed by atoms with E-state index in [1.807, 2.05) is 9.80 Å². The summed E-state index contributed by atoms with van der Waals surface area (Å²) in [6, 6.07) is 0.161. The first-order valence-corrected chi connectivity index (χ1v) is 7.35. The van der Waals surface area contributed by atoms with Crippen LogP contribution in [0.3, 0.4) is 0 Å². The van der Waals surface area contributed by atoms with E-state index in [9.17, 15) is 9.59 Å². The second-order valence-corrected chi connectivity index (χ2v) is 5.82. The zero-order valence-electron chi connectivity index (χ0n) is 11.7. The lowest BCUT2D eigenvalue weighted by molar-refractivity contribution is -0.137. The molecule has 5 heteroatoms. The number of hydrogen-bond acceptors (Lipinski definition) is 2. The van der Waals surface area contributed by atoms with Gasteiger partial charge in [-0.25, -0.2) is 4.79 Å². The van der Waals surface area contributed by atoms with Crippen molar-refractivity contribution in [2.24, 2.45) is 11.8 Å². The third-order valence-corrected chi connectivity index (χ3v) is 4.46. The lowest BCUT2D eigenvalue weighted by Gasteiger charge is -2.24. The number of amides is 2. The SMILES string of the molecule is CCC1CCN(C(=O)N2CCC(CCC(=O)O)C2)C1. The summed E-state index contributed by atoms with van der Waals surface area (Å²) >= 11 is 0. The van der Waals surface area contributed by atoms with Crippen LogP contribution in [0.4, 0.5) is 4.79 Å². The molecule has 2 fully saturated rings. The molecule has 2 unspecified atom stereocenters. The van der Waals surface area contributed by atoms with E-state index in [0.29, 0.717) is 18.3 Å². The molecular weight excluding hydrogens is 244 g/mol. The molecule has 1 N–H and O–H groups in total. The van der Waals surface area contributed by atoms with Gasteiger partial charge in [0.15, 0.2) is 0 Å². The van der Waals surface area contributed by atoms with Crippen molar-refractivity contribution in [1.29, 1.82) is 0 Å². The zero-order valence-corrected chi connectivity index (χ0v) is 11.7. The van der Waals surface area contributed by atoms with Gasteiger partial charge in [0.05, 0.1) is 0 Å². The highest BCUT2D eigenvalue weighted by Gasteiger charge is 2.32. The average molecular weight is 268 g/mol.